The molecular formula is C22H14Cl2N2O. The zero-order chi connectivity index (χ0) is 18.8. The van der Waals surface area contributed by atoms with E-state index >= 15 is 0 Å². The maximum atomic E-state index is 13.2. The van der Waals surface area contributed by atoms with Crippen LogP contribution in [0, 0.1) is 0 Å². The minimum absolute atomic E-state index is 0.212. The van der Waals surface area contributed by atoms with Crippen molar-refractivity contribution in [1.29, 1.82) is 0 Å². The van der Waals surface area contributed by atoms with Gasteiger partial charge in [-0.25, -0.2) is 4.99 Å². The molecule has 3 aromatic carbocycles. The molecule has 0 saturated carbocycles. The van der Waals surface area contributed by atoms with Gasteiger partial charge in [0.15, 0.2) is 0 Å². The molecule has 0 unspecified atom stereocenters. The van der Waals surface area contributed by atoms with Crippen molar-refractivity contribution in [3.63, 3.8) is 0 Å². The third-order valence-electron chi connectivity index (χ3n) is 4.11. The average Bonchev–Trinajstić information content (AvgIpc) is 2.99. The number of anilines is 1. The lowest BCUT2D eigenvalue weighted by atomic mass is 10.1. The predicted octanol–water partition coefficient (Wildman–Crippen LogP) is 5.83. The van der Waals surface area contributed by atoms with Crippen molar-refractivity contribution in [2.24, 2.45) is 4.99 Å². The molecule has 1 aliphatic rings. The fourth-order valence-electron chi connectivity index (χ4n) is 2.91. The number of carbonyl (C=O) groups is 1. The van der Waals surface area contributed by atoms with E-state index in [0.29, 0.717) is 27.3 Å². The summed E-state index contributed by atoms with van der Waals surface area (Å²) in [7, 11) is 0. The molecule has 27 heavy (non-hydrogen) atoms. The Balaban J connectivity index is 1.83. The highest BCUT2D eigenvalue weighted by molar-refractivity contribution is 6.34. The number of halogens is 2. The van der Waals surface area contributed by atoms with Gasteiger partial charge in [0.05, 0.1) is 5.69 Å². The van der Waals surface area contributed by atoms with E-state index in [1.807, 2.05) is 54.6 Å². The number of amides is 1. The van der Waals surface area contributed by atoms with Gasteiger partial charge in [0.2, 0.25) is 0 Å². The molecule has 1 aliphatic heterocycles. The lowest BCUT2D eigenvalue weighted by Gasteiger charge is -2.18. The SMILES string of the molecule is O=C1/C(=C\c2cccc(Cl)c2)N=C(c2ccccc2)N1c1cccc(Cl)c1. The van der Waals surface area contributed by atoms with Crippen LogP contribution in [0.25, 0.3) is 6.08 Å². The van der Waals surface area contributed by atoms with Crippen LogP contribution >= 0.6 is 23.2 Å². The van der Waals surface area contributed by atoms with Gasteiger partial charge in [0.25, 0.3) is 5.91 Å². The molecule has 0 aromatic heterocycles. The number of hydrogen-bond donors (Lipinski definition) is 0. The van der Waals surface area contributed by atoms with Crippen LogP contribution in [0.4, 0.5) is 5.69 Å². The second-order valence-corrected chi connectivity index (χ2v) is 6.88. The van der Waals surface area contributed by atoms with Crippen molar-refractivity contribution < 1.29 is 4.79 Å². The Kier molecular flexibility index (Phi) is 4.80. The molecule has 0 spiro atoms. The van der Waals surface area contributed by atoms with Gasteiger partial charge in [0, 0.05) is 15.6 Å². The summed E-state index contributed by atoms with van der Waals surface area (Å²) in [5.41, 5.74) is 2.68. The Morgan fingerprint density at radius 1 is 0.815 bits per heavy atom. The van der Waals surface area contributed by atoms with E-state index in [1.165, 1.54) is 0 Å². The molecule has 0 bridgehead atoms. The molecule has 0 atom stereocenters. The lowest BCUT2D eigenvalue weighted by molar-refractivity contribution is -0.113. The monoisotopic (exact) mass is 392 g/mol. The number of benzene rings is 3. The summed E-state index contributed by atoms with van der Waals surface area (Å²) in [4.78, 5) is 19.4. The minimum Gasteiger partial charge on any atom is -0.266 e. The highest BCUT2D eigenvalue weighted by Gasteiger charge is 2.32. The summed E-state index contributed by atoms with van der Waals surface area (Å²) in [5, 5.41) is 1.16. The van der Waals surface area contributed by atoms with Crippen LogP contribution in [0.5, 0.6) is 0 Å². The molecule has 0 aliphatic carbocycles. The van der Waals surface area contributed by atoms with Crippen LogP contribution in [-0.4, -0.2) is 11.7 Å². The fourth-order valence-corrected chi connectivity index (χ4v) is 3.29. The maximum absolute atomic E-state index is 13.2. The Bertz CT molecular complexity index is 1070. The third-order valence-corrected chi connectivity index (χ3v) is 4.58. The summed E-state index contributed by atoms with van der Waals surface area (Å²) >= 11 is 12.2. The first-order chi connectivity index (χ1) is 13.1. The van der Waals surface area contributed by atoms with Gasteiger partial charge in [-0.2, -0.15) is 0 Å². The van der Waals surface area contributed by atoms with E-state index in [4.69, 9.17) is 23.2 Å². The second kappa shape index (κ2) is 7.39. The number of rotatable bonds is 3. The smallest absolute Gasteiger partial charge is 0.266 e. The fraction of sp³-hybridized carbons (Fsp3) is 0. The van der Waals surface area contributed by atoms with E-state index in [2.05, 4.69) is 4.99 Å². The quantitative estimate of drug-likeness (QED) is 0.516. The topological polar surface area (TPSA) is 32.7 Å². The molecule has 0 saturated heterocycles. The highest BCUT2D eigenvalue weighted by atomic mass is 35.5. The first-order valence-electron chi connectivity index (χ1n) is 8.33. The molecule has 0 N–H and O–H groups in total. The normalized spacial score (nSPS) is 15.3. The van der Waals surface area contributed by atoms with Crippen molar-refractivity contribution in [2.45, 2.75) is 0 Å². The Labute approximate surface area is 167 Å². The molecular weight excluding hydrogens is 379 g/mol. The van der Waals surface area contributed by atoms with E-state index in [1.54, 1.807) is 35.2 Å². The zero-order valence-corrected chi connectivity index (χ0v) is 15.7. The van der Waals surface area contributed by atoms with Crippen LogP contribution < -0.4 is 4.90 Å². The third kappa shape index (κ3) is 3.65. The van der Waals surface area contributed by atoms with E-state index in [0.717, 1.165) is 11.1 Å². The Hall–Kier alpha value is -2.88. The summed E-state index contributed by atoms with van der Waals surface area (Å²) in [6.45, 7) is 0. The van der Waals surface area contributed by atoms with Crippen LogP contribution in [0.1, 0.15) is 11.1 Å². The number of nitrogens with zero attached hydrogens (tertiary/aromatic N) is 2. The standard InChI is InChI=1S/C22H14Cl2N2O/c23-17-9-4-6-15(12-17)13-20-22(27)26(19-11-5-10-18(24)14-19)21(25-20)16-7-2-1-3-8-16/h1-14H/b20-13+. The number of hydrogen-bond acceptors (Lipinski definition) is 2. The van der Waals surface area contributed by atoms with Gasteiger partial charge in [-0.15, -0.1) is 0 Å². The van der Waals surface area contributed by atoms with Crippen molar-refractivity contribution in [2.75, 3.05) is 4.90 Å². The number of aliphatic imine (C=N–C) groups is 1. The van der Waals surface area contributed by atoms with Gasteiger partial charge in [0.1, 0.15) is 11.5 Å². The first-order valence-corrected chi connectivity index (χ1v) is 9.09. The lowest BCUT2D eigenvalue weighted by Crippen LogP contribution is -2.32. The van der Waals surface area contributed by atoms with Crippen LogP contribution in [0.15, 0.2) is 89.6 Å². The van der Waals surface area contributed by atoms with Gasteiger partial charge in [-0.3, -0.25) is 9.69 Å². The van der Waals surface area contributed by atoms with Crippen molar-refractivity contribution in [3.8, 4) is 0 Å². The van der Waals surface area contributed by atoms with Crippen LogP contribution in [-0.2, 0) is 4.79 Å². The number of amidine groups is 1. The molecule has 3 aromatic rings. The molecule has 1 amide bonds. The highest BCUT2D eigenvalue weighted by Crippen LogP contribution is 2.29. The average molecular weight is 393 g/mol. The predicted molar refractivity (Wildman–Crippen MR) is 111 cm³/mol. The molecule has 4 rings (SSSR count). The van der Waals surface area contributed by atoms with Crippen molar-refractivity contribution in [3.05, 3.63) is 106 Å². The summed E-state index contributed by atoms with van der Waals surface area (Å²) in [5.74, 6) is 0.354. The zero-order valence-electron chi connectivity index (χ0n) is 14.1. The maximum Gasteiger partial charge on any atom is 0.282 e. The van der Waals surface area contributed by atoms with Crippen molar-refractivity contribution >= 4 is 46.7 Å². The largest absolute Gasteiger partial charge is 0.282 e. The van der Waals surface area contributed by atoms with Gasteiger partial charge in [-0.1, -0.05) is 71.7 Å². The number of carbonyl (C=O) groups excluding carboxylic acids is 1. The van der Waals surface area contributed by atoms with Gasteiger partial charge >= 0.3 is 0 Å². The summed E-state index contributed by atoms with van der Waals surface area (Å²) < 4.78 is 0. The van der Waals surface area contributed by atoms with Crippen LogP contribution in [0.3, 0.4) is 0 Å². The van der Waals surface area contributed by atoms with Gasteiger partial charge in [-0.05, 0) is 42.0 Å². The van der Waals surface area contributed by atoms with Crippen LogP contribution in [0.2, 0.25) is 10.0 Å². The van der Waals surface area contributed by atoms with Gasteiger partial charge < -0.3 is 0 Å². The molecule has 5 heteroatoms. The summed E-state index contributed by atoms with van der Waals surface area (Å²) in [6.07, 6.45) is 1.74. The minimum atomic E-state index is -0.212. The Morgan fingerprint density at radius 3 is 2.22 bits per heavy atom. The van der Waals surface area contributed by atoms with E-state index in [-0.39, 0.29) is 5.91 Å². The summed E-state index contributed by atoms with van der Waals surface area (Å²) in [6, 6.07) is 24.1. The van der Waals surface area contributed by atoms with E-state index in [9.17, 15) is 4.79 Å². The van der Waals surface area contributed by atoms with Crippen molar-refractivity contribution in [1.82, 2.24) is 0 Å². The van der Waals surface area contributed by atoms with E-state index < -0.39 is 0 Å². The Morgan fingerprint density at radius 2 is 1.52 bits per heavy atom. The molecule has 1 heterocycles. The second-order valence-electron chi connectivity index (χ2n) is 6.01. The molecule has 132 valence electrons. The molecule has 0 radical (unpaired) electrons. The first kappa shape index (κ1) is 17.5. The molecule has 0 fully saturated rings. The molecule has 3 nitrogen and oxygen atoms in total.